The molecule has 2 aromatic heterocycles. The van der Waals surface area contributed by atoms with Crippen LogP contribution in [0.2, 0.25) is 0 Å². The van der Waals surface area contributed by atoms with Gasteiger partial charge in [-0.2, -0.15) is 4.31 Å². The number of imidazole rings is 1. The van der Waals surface area contributed by atoms with Crippen LogP contribution in [0.1, 0.15) is 30.0 Å². The number of sulfonamides is 1. The molecule has 7 nitrogen and oxygen atoms in total. The zero-order valence-corrected chi connectivity index (χ0v) is 15.6. The van der Waals surface area contributed by atoms with Gasteiger partial charge in [-0.3, -0.25) is 4.57 Å². The van der Waals surface area contributed by atoms with Crippen LogP contribution in [0, 0.1) is 0 Å². The van der Waals surface area contributed by atoms with E-state index in [-0.39, 0.29) is 18.3 Å². The van der Waals surface area contributed by atoms with Gasteiger partial charge in [0.15, 0.2) is 5.65 Å². The van der Waals surface area contributed by atoms with Gasteiger partial charge >= 0.3 is 5.69 Å². The molecule has 1 aliphatic heterocycles. The van der Waals surface area contributed by atoms with Gasteiger partial charge in [0, 0.05) is 19.3 Å². The largest absolute Gasteiger partial charge is 0.327 e. The molecule has 3 heterocycles. The van der Waals surface area contributed by atoms with E-state index >= 15 is 0 Å². The summed E-state index contributed by atoms with van der Waals surface area (Å²) in [6.07, 6.45) is 5.28. The molecule has 0 bridgehead atoms. The number of nitrogens with one attached hydrogen (secondary N) is 1. The second kappa shape index (κ2) is 6.03. The van der Waals surface area contributed by atoms with Gasteiger partial charge in [0.2, 0.25) is 10.0 Å². The van der Waals surface area contributed by atoms with E-state index in [2.05, 4.69) is 9.97 Å². The Morgan fingerprint density at radius 2 is 2.00 bits per heavy atom. The van der Waals surface area contributed by atoms with E-state index in [9.17, 15) is 13.2 Å². The van der Waals surface area contributed by atoms with Crippen LogP contribution in [-0.4, -0.2) is 40.3 Å². The molecule has 1 fully saturated rings. The molecular weight excluding hydrogens is 364 g/mol. The molecule has 1 N–H and O–H groups in total. The lowest BCUT2D eigenvalue weighted by molar-refractivity contribution is 0.451. The van der Waals surface area contributed by atoms with Crippen LogP contribution in [0.25, 0.3) is 11.2 Å². The molecule has 0 spiro atoms. The number of aryl methyl sites for hydroxylation is 2. The number of hydrogen-bond donors (Lipinski definition) is 1. The fourth-order valence-electron chi connectivity index (χ4n) is 4.29. The number of pyridine rings is 1. The van der Waals surface area contributed by atoms with Crippen molar-refractivity contribution in [2.24, 2.45) is 0 Å². The first-order valence-electron chi connectivity index (χ1n) is 9.21. The highest BCUT2D eigenvalue weighted by Gasteiger charge is 2.35. The summed E-state index contributed by atoms with van der Waals surface area (Å²) in [5.41, 5.74) is 3.39. The van der Waals surface area contributed by atoms with E-state index in [1.54, 1.807) is 29.0 Å². The van der Waals surface area contributed by atoms with Gasteiger partial charge in [0.05, 0.1) is 16.5 Å². The summed E-state index contributed by atoms with van der Waals surface area (Å²) in [7, 11) is -3.56. The molecule has 1 atom stereocenters. The molecular formula is C19H20N4O3S. The first kappa shape index (κ1) is 16.7. The fraction of sp³-hybridized carbons (Fsp3) is 0.368. The zero-order valence-electron chi connectivity index (χ0n) is 14.8. The third kappa shape index (κ3) is 2.62. The minimum Gasteiger partial charge on any atom is -0.304 e. The average molecular weight is 384 g/mol. The number of hydrogen-bond acceptors (Lipinski definition) is 4. The lowest BCUT2D eigenvalue weighted by Gasteiger charge is -2.17. The molecule has 8 heteroatoms. The summed E-state index contributed by atoms with van der Waals surface area (Å²) < 4.78 is 29.3. The number of aromatic amines is 1. The minimum atomic E-state index is -3.56. The lowest BCUT2D eigenvalue weighted by atomic mass is 10.1. The van der Waals surface area contributed by atoms with E-state index in [0.717, 1.165) is 24.8 Å². The molecule has 0 amide bonds. The van der Waals surface area contributed by atoms with Gasteiger partial charge in [-0.1, -0.05) is 6.07 Å². The second-order valence-corrected chi connectivity index (χ2v) is 9.20. The highest BCUT2D eigenvalue weighted by molar-refractivity contribution is 7.89. The molecule has 5 rings (SSSR count). The van der Waals surface area contributed by atoms with Gasteiger partial charge in [0.25, 0.3) is 0 Å². The van der Waals surface area contributed by atoms with Crippen LogP contribution in [0.5, 0.6) is 0 Å². The molecule has 0 radical (unpaired) electrons. The molecule has 1 aliphatic carbocycles. The standard InChI is InChI=1S/C19H20N4O3S/c24-19-21-17-5-2-9-20-18(17)23(19)15-8-10-22(12-15)27(25,26)16-7-6-13-3-1-4-14(13)11-16/h2,5-7,9,11,15H,1,3-4,8,10,12H2,(H,21,24)/t15-/m1/s1. The third-order valence-electron chi connectivity index (χ3n) is 5.67. The third-order valence-corrected chi connectivity index (χ3v) is 7.54. The van der Waals surface area contributed by atoms with Gasteiger partial charge in [0.1, 0.15) is 0 Å². The van der Waals surface area contributed by atoms with Gasteiger partial charge in [-0.25, -0.2) is 18.2 Å². The van der Waals surface area contributed by atoms with Crippen molar-refractivity contribution in [1.82, 2.24) is 18.8 Å². The van der Waals surface area contributed by atoms with Crippen molar-refractivity contribution in [3.05, 3.63) is 58.1 Å². The van der Waals surface area contributed by atoms with Crippen molar-refractivity contribution in [1.29, 1.82) is 0 Å². The molecule has 3 aromatic rings. The van der Waals surface area contributed by atoms with E-state index in [1.165, 1.54) is 9.87 Å². The summed E-state index contributed by atoms with van der Waals surface area (Å²) in [6, 6.07) is 8.83. The molecule has 1 saturated heterocycles. The number of fused-ring (bicyclic) bond motifs is 2. The number of nitrogens with zero attached hydrogens (tertiary/aromatic N) is 3. The quantitative estimate of drug-likeness (QED) is 0.746. The number of benzene rings is 1. The SMILES string of the molecule is O=c1[nH]c2cccnc2n1[C@@H]1CCN(S(=O)(=O)c2ccc3c(c2)CCC3)C1. The van der Waals surface area contributed by atoms with Crippen molar-refractivity contribution in [3.8, 4) is 0 Å². The van der Waals surface area contributed by atoms with Crippen molar-refractivity contribution in [3.63, 3.8) is 0 Å². The van der Waals surface area contributed by atoms with Gasteiger partial charge < -0.3 is 4.98 Å². The Balaban J connectivity index is 1.46. The normalized spacial score (nSPS) is 20.4. The Bertz CT molecular complexity index is 1200. The predicted octanol–water partition coefficient (Wildman–Crippen LogP) is 1.85. The smallest absolute Gasteiger partial charge is 0.304 e. The summed E-state index contributed by atoms with van der Waals surface area (Å²) in [6.45, 7) is 0.679. The van der Waals surface area contributed by atoms with Crippen LogP contribution in [-0.2, 0) is 22.9 Å². The fourth-order valence-corrected chi connectivity index (χ4v) is 5.84. The maximum absolute atomic E-state index is 13.1. The van der Waals surface area contributed by atoms with E-state index in [4.69, 9.17) is 0 Å². The lowest BCUT2D eigenvalue weighted by Crippen LogP contribution is -2.31. The van der Waals surface area contributed by atoms with E-state index < -0.39 is 10.0 Å². The summed E-state index contributed by atoms with van der Waals surface area (Å²) in [5, 5.41) is 0. The van der Waals surface area contributed by atoms with E-state index in [1.807, 2.05) is 12.1 Å². The molecule has 0 saturated carbocycles. The first-order chi connectivity index (χ1) is 13.0. The van der Waals surface area contributed by atoms with Gasteiger partial charge in [-0.05, 0) is 61.1 Å². The van der Waals surface area contributed by atoms with Crippen molar-refractivity contribution < 1.29 is 8.42 Å². The average Bonchev–Trinajstić information content (AvgIpc) is 3.38. The van der Waals surface area contributed by atoms with Crippen LogP contribution in [0.3, 0.4) is 0 Å². The topological polar surface area (TPSA) is 88.1 Å². The second-order valence-electron chi connectivity index (χ2n) is 7.26. The van der Waals surface area contributed by atoms with Gasteiger partial charge in [-0.15, -0.1) is 0 Å². The maximum atomic E-state index is 13.1. The van der Waals surface area contributed by atoms with Crippen molar-refractivity contribution in [2.45, 2.75) is 36.6 Å². The Labute approximate surface area is 156 Å². The van der Waals surface area contributed by atoms with Crippen LogP contribution in [0.15, 0.2) is 46.2 Å². The summed E-state index contributed by atoms with van der Waals surface area (Å²) >= 11 is 0. The Morgan fingerprint density at radius 3 is 2.89 bits per heavy atom. The van der Waals surface area contributed by atoms with Crippen LogP contribution >= 0.6 is 0 Å². The molecule has 2 aliphatic rings. The molecule has 1 aromatic carbocycles. The summed E-state index contributed by atoms with van der Waals surface area (Å²) in [5.74, 6) is 0. The Hall–Kier alpha value is -2.45. The molecule has 27 heavy (non-hydrogen) atoms. The van der Waals surface area contributed by atoms with Crippen molar-refractivity contribution in [2.75, 3.05) is 13.1 Å². The monoisotopic (exact) mass is 384 g/mol. The highest BCUT2D eigenvalue weighted by Crippen LogP contribution is 2.30. The van der Waals surface area contributed by atoms with Crippen LogP contribution < -0.4 is 5.69 Å². The number of H-pyrrole nitrogens is 1. The predicted molar refractivity (Wildman–Crippen MR) is 101 cm³/mol. The molecule has 140 valence electrons. The first-order valence-corrected chi connectivity index (χ1v) is 10.7. The number of aromatic nitrogens is 3. The van der Waals surface area contributed by atoms with Crippen molar-refractivity contribution >= 4 is 21.2 Å². The minimum absolute atomic E-state index is 0.217. The zero-order chi connectivity index (χ0) is 18.6. The van der Waals surface area contributed by atoms with Crippen LogP contribution in [0.4, 0.5) is 0 Å². The highest BCUT2D eigenvalue weighted by atomic mass is 32.2. The summed E-state index contributed by atoms with van der Waals surface area (Å²) in [4.78, 5) is 19.8. The Kier molecular flexibility index (Phi) is 3.73. The maximum Gasteiger partial charge on any atom is 0.327 e. The van der Waals surface area contributed by atoms with E-state index in [0.29, 0.717) is 29.0 Å². The molecule has 0 unspecified atom stereocenters. The number of rotatable bonds is 3. The Morgan fingerprint density at radius 1 is 1.15 bits per heavy atom.